The molecule has 1 atom stereocenters. The van der Waals surface area contributed by atoms with Gasteiger partial charge in [-0.2, -0.15) is 0 Å². The fraction of sp³-hybridized carbons (Fsp3) is 0.318. The normalized spacial score (nSPS) is 18.8. The molecule has 1 aliphatic rings. The van der Waals surface area contributed by atoms with Crippen molar-refractivity contribution in [2.75, 3.05) is 13.2 Å². The molecule has 2 heterocycles. The Morgan fingerprint density at radius 3 is 2.46 bits per heavy atom. The predicted octanol–water partition coefficient (Wildman–Crippen LogP) is 5.40. The number of rotatable bonds is 6. The van der Waals surface area contributed by atoms with Crippen molar-refractivity contribution < 1.29 is 18.6 Å². The SMILES string of the molecule is CCOC(OCC)C1(C)C=C(n2c(=S)oc3ccccc32)c2ccccc2O1. The van der Waals surface area contributed by atoms with Crippen LogP contribution in [0.3, 0.4) is 0 Å². The third kappa shape index (κ3) is 3.17. The van der Waals surface area contributed by atoms with Gasteiger partial charge in [0.15, 0.2) is 11.2 Å². The number of oxazole rings is 1. The minimum absolute atomic E-state index is 0.385. The number of aromatic nitrogens is 1. The highest BCUT2D eigenvalue weighted by Gasteiger charge is 2.41. The molecule has 1 aliphatic heterocycles. The van der Waals surface area contributed by atoms with Crippen molar-refractivity contribution in [2.24, 2.45) is 0 Å². The van der Waals surface area contributed by atoms with Gasteiger partial charge in [-0.1, -0.05) is 24.3 Å². The largest absolute Gasteiger partial charge is 0.477 e. The average Bonchev–Trinajstić information content (AvgIpc) is 3.02. The highest BCUT2D eigenvalue weighted by atomic mass is 32.1. The molecule has 0 aliphatic carbocycles. The predicted molar refractivity (Wildman–Crippen MR) is 111 cm³/mol. The molecule has 3 aromatic rings. The number of nitrogens with zero attached hydrogens (tertiary/aromatic N) is 1. The lowest BCUT2D eigenvalue weighted by Gasteiger charge is -2.39. The van der Waals surface area contributed by atoms with Gasteiger partial charge in [-0.05, 0) is 63.3 Å². The van der Waals surface area contributed by atoms with E-state index in [1.54, 1.807) is 0 Å². The Kier molecular flexibility index (Phi) is 5.10. The molecule has 5 nitrogen and oxygen atoms in total. The van der Waals surface area contributed by atoms with Crippen molar-refractivity contribution >= 4 is 29.0 Å². The Morgan fingerprint density at radius 2 is 1.71 bits per heavy atom. The highest BCUT2D eigenvalue weighted by molar-refractivity contribution is 7.71. The summed E-state index contributed by atoms with van der Waals surface area (Å²) in [4.78, 5) is 0.385. The van der Waals surface area contributed by atoms with Crippen molar-refractivity contribution in [2.45, 2.75) is 32.7 Å². The van der Waals surface area contributed by atoms with Gasteiger partial charge in [0.05, 0.1) is 11.2 Å². The smallest absolute Gasteiger partial charge is 0.274 e. The first-order chi connectivity index (χ1) is 13.6. The second-order valence-electron chi connectivity index (χ2n) is 6.73. The first-order valence-corrected chi connectivity index (χ1v) is 9.83. The Morgan fingerprint density at radius 1 is 1.04 bits per heavy atom. The number of ether oxygens (including phenoxy) is 3. The summed E-state index contributed by atoms with van der Waals surface area (Å²) in [5, 5.41) is 0. The number of hydrogen-bond acceptors (Lipinski definition) is 5. The molecule has 4 rings (SSSR count). The van der Waals surface area contributed by atoms with Gasteiger partial charge in [0.2, 0.25) is 6.29 Å². The van der Waals surface area contributed by atoms with E-state index in [4.69, 9.17) is 30.8 Å². The van der Waals surface area contributed by atoms with Crippen molar-refractivity contribution in [3.63, 3.8) is 0 Å². The van der Waals surface area contributed by atoms with E-state index in [1.807, 2.05) is 79.9 Å². The molecule has 1 unspecified atom stereocenters. The lowest BCUT2D eigenvalue weighted by atomic mass is 9.96. The lowest BCUT2D eigenvalue weighted by molar-refractivity contribution is -0.204. The number of para-hydroxylation sites is 3. The molecule has 0 fully saturated rings. The Labute approximate surface area is 169 Å². The van der Waals surface area contributed by atoms with Crippen LogP contribution in [0.15, 0.2) is 59.0 Å². The topological polar surface area (TPSA) is 45.8 Å². The maximum Gasteiger partial charge on any atom is 0.274 e. The van der Waals surface area contributed by atoms with Crippen molar-refractivity contribution in [3.05, 3.63) is 65.0 Å². The Hall–Kier alpha value is -2.41. The van der Waals surface area contributed by atoms with Gasteiger partial charge in [0.25, 0.3) is 4.84 Å². The molecule has 0 saturated carbocycles. The van der Waals surface area contributed by atoms with Crippen LogP contribution in [-0.4, -0.2) is 29.7 Å². The second kappa shape index (κ2) is 7.54. The lowest BCUT2D eigenvalue weighted by Crippen LogP contribution is -2.48. The number of hydrogen-bond donors (Lipinski definition) is 0. The number of fused-ring (bicyclic) bond motifs is 2. The van der Waals surface area contributed by atoms with Gasteiger partial charge in [-0.15, -0.1) is 0 Å². The molecular formula is C22H23NO4S. The average molecular weight is 397 g/mol. The zero-order valence-electron chi connectivity index (χ0n) is 16.2. The van der Waals surface area contributed by atoms with E-state index in [-0.39, 0.29) is 0 Å². The molecule has 0 bridgehead atoms. The van der Waals surface area contributed by atoms with E-state index in [1.165, 1.54) is 0 Å². The van der Waals surface area contributed by atoms with Crippen LogP contribution in [0.2, 0.25) is 0 Å². The van der Waals surface area contributed by atoms with Gasteiger partial charge >= 0.3 is 0 Å². The summed E-state index contributed by atoms with van der Waals surface area (Å²) >= 11 is 5.56. The van der Waals surface area contributed by atoms with Crippen LogP contribution in [0.1, 0.15) is 26.3 Å². The van der Waals surface area contributed by atoms with Gasteiger partial charge < -0.3 is 18.6 Å². The molecule has 0 saturated heterocycles. The molecule has 0 radical (unpaired) electrons. The van der Waals surface area contributed by atoms with E-state index < -0.39 is 11.9 Å². The summed E-state index contributed by atoms with van der Waals surface area (Å²) < 4.78 is 25.9. The summed E-state index contributed by atoms with van der Waals surface area (Å²) in [7, 11) is 0. The summed E-state index contributed by atoms with van der Waals surface area (Å²) in [6.45, 7) is 6.88. The van der Waals surface area contributed by atoms with Crippen LogP contribution in [0, 0.1) is 4.84 Å². The summed E-state index contributed by atoms with van der Waals surface area (Å²) in [6, 6.07) is 15.7. The standard InChI is InChI=1S/C22H23NO4S/c1-4-24-20(25-5-2)22(3)14-17(15-10-6-8-12-18(15)27-22)23-16-11-7-9-13-19(16)26-21(23)28/h6-14,20H,4-5H2,1-3H3. The minimum Gasteiger partial charge on any atom is -0.477 e. The van der Waals surface area contributed by atoms with Crippen LogP contribution >= 0.6 is 12.2 Å². The quantitative estimate of drug-likeness (QED) is 0.411. The molecule has 28 heavy (non-hydrogen) atoms. The maximum absolute atomic E-state index is 6.36. The first-order valence-electron chi connectivity index (χ1n) is 9.43. The molecule has 6 heteroatoms. The molecule has 146 valence electrons. The third-order valence-electron chi connectivity index (χ3n) is 4.75. The van der Waals surface area contributed by atoms with Gasteiger partial charge in [-0.3, -0.25) is 4.57 Å². The van der Waals surface area contributed by atoms with Crippen LogP contribution in [-0.2, 0) is 9.47 Å². The van der Waals surface area contributed by atoms with Crippen molar-refractivity contribution in [1.82, 2.24) is 4.57 Å². The molecule has 2 aromatic carbocycles. The summed E-state index contributed by atoms with van der Waals surface area (Å²) in [5.41, 5.74) is 2.65. The maximum atomic E-state index is 6.36. The van der Waals surface area contributed by atoms with E-state index in [0.29, 0.717) is 18.1 Å². The van der Waals surface area contributed by atoms with Gasteiger partial charge in [0.1, 0.15) is 5.75 Å². The highest BCUT2D eigenvalue weighted by Crippen LogP contribution is 2.40. The van der Waals surface area contributed by atoms with Crippen LogP contribution in [0.4, 0.5) is 0 Å². The van der Waals surface area contributed by atoms with Crippen molar-refractivity contribution in [3.8, 4) is 5.75 Å². The summed E-state index contributed by atoms with van der Waals surface area (Å²) in [5.74, 6) is 0.749. The third-order valence-corrected chi connectivity index (χ3v) is 5.01. The van der Waals surface area contributed by atoms with Crippen LogP contribution in [0.5, 0.6) is 5.75 Å². The Balaban J connectivity index is 1.95. The van der Waals surface area contributed by atoms with E-state index in [2.05, 4.69) is 0 Å². The molecule has 0 amide bonds. The second-order valence-corrected chi connectivity index (χ2v) is 7.07. The first kappa shape index (κ1) is 18.9. The monoisotopic (exact) mass is 397 g/mol. The summed E-state index contributed by atoms with van der Waals surface area (Å²) in [6.07, 6.45) is 1.46. The zero-order chi connectivity index (χ0) is 19.7. The van der Waals surface area contributed by atoms with Crippen LogP contribution < -0.4 is 4.74 Å². The minimum atomic E-state index is -0.831. The van der Waals surface area contributed by atoms with E-state index in [0.717, 1.165) is 28.1 Å². The zero-order valence-corrected chi connectivity index (χ0v) is 17.0. The fourth-order valence-electron chi connectivity index (χ4n) is 3.56. The number of benzene rings is 2. The Bertz CT molecular complexity index is 1080. The fourth-order valence-corrected chi connectivity index (χ4v) is 3.85. The van der Waals surface area contributed by atoms with Gasteiger partial charge in [0, 0.05) is 18.8 Å². The van der Waals surface area contributed by atoms with E-state index >= 15 is 0 Å². The molecule has 0 spiro atoms. The molecule has 0 N–H and O–H groups in total. The molecule has 1 aromatic heterocycles. The molecular weight excluding hydrogens is 374 g/mol. The van der Waals surface area contributed by atoms with E-state index in [9.17, 15) is 0 Å². The van der Waals surface area contributed by atoms with Gasteiger partial charge in [-0.25, -0.2) is 0 Å². The van der Waals surface area contributed by atoms with Crippen LogP contribution in [0.25, 0.3) is 16.8 Å². The van der Waals surface area contributed by atoms with Crippen molar-refractivity contribution in [1.29, 1.82) is 0 Å².